The van der Waals surface area contributed by atoms with Crippen molar-refractivity contribution in [2.24, 2.45) is 16.9 Å². The van der Waals surface area contributed by atoms with Crippen molar-refractivity contribution in [2.75, 3.05) is 14.2 Å². The molecule has 0 saturated heterocycles. The largest absolute Gasteiger partial charge is 0.493 e. The number of fused-ring (bicyclic) bond motifs is 2. The van der Waals surface area contributed by atoms with Gasteiger partial charge in [0.1, 0.15) is 0 Å². The summed E-state index contributed by atoms with van der Waals surface area (Å²) >= 11 is 5.33. The summed E-state index contributed by atoms with van der Waals surface area (Å²) < 4.78 is 10.5. The van der Waals surface area contributed by atoms with Gasteiger partial charge in [-0.2, -0.15) is 5.10 Å². The molecule has 0 aromatic heterocycles. The van der Waals surface area contributed by atoms with E-state index in [1.165, 1.54) is 25.7 Å². The Morgan fingerprint density at radius 2 is 2.04 bits per heavy atom. The van der Waals surface area contributed by atoms with E-state index in [0.717, 1.165) is 17.4 Å². The fourth-order valence-electron chi connectivity index (χ4n) is 3.72. The third-order valence-corrected chi connectivity index (χ3v) is 5.05. The van der Waals surface area contributed by atoms with Crippen LogP contribution >= 0.6 is 12.2 Å². The monoisotopic (exact) mass is 333 g/mol. The van der Waals surface area contributed by atoms with Crippen LogP contribution in [0, 0.1) is 11.8 Å². The molecule has 2 fully saturated rings. The number of thiocarbonyl (C=S) groups is 1. The van der Waals surface area contributed by atoms with E-state index in [1.54, 1.807) is 20.4 Å². The lowest BCUT2D eigenvalue weighted by Crippen LogP contribution is -2.42. The molecule has 6 heteroatoms. The average Bonchev–Trinajstić information content (AvgIpc) is 3.17. The SMILES string of the molecule is COc1ccc(/C=N\NC(=S)N[C@@H]2C[C@H]3CC[C@H]2C3)cc1OC. The van der Waals surface area contributed by atoms with Crippen LogP contribution in [0.25, 0.3) is 0 Å². The Bertz CT molecular complexity index is 606. The molecule has 0 unspecified atom stereocenters. The summed E-state index contributed by atoms with van der Waals surface area (Å²) in [5.74, 6) is 3.07. The highest BCUT2D eigenvalue weighted by Gasteiger charge is 2.39. The number of ether oxygens (including phenoxy) is 2. The van der Waals surface area contributed by atoms with Crippen LogP contribution in [-0.2, 0) is 0 Å². The number of nitrogens with one attached hydrogen (secondary N) is 2. The summed E-state index contributed by atoms with van der Waals surface area (Å²) in [7, 11) is 3.23. The normalized spacial score (nSPS) is 25.6. The quantitative estimate of drug-likeness (QED) is 0.493. The van der Waals surface area contributed by atoms with Gasteiger partial charge in [-0.1, -0.05) is 6.42 Å². The lowest BCUT2D eigenvalue weighted by molar-refractivity contribution is 0.355. The van der Waals surface area contributed by atoms with Gasteiger partial charge in [0.25, 0.3) is 0 Å². The first kappa shape index (κ1) is 16.1. The molecule has 0 heterocycles. The van der Waals surface area contributed by atoms with Gasteiger partial charge in [0.05, 0.1) is 20.4 Å². The maximum atomic E-state index is 5.33. The van der Waals surface area contributed by atoms with E-state index < -0.39 is 0 Å². The van der Waals surface area contributed by atoms with Gasteiger partial charge in [-0.05, 0) is 67.1 Å². The lowest BCUT2D eigenvalue weighted by Gasteiger charge is -2.23. The molecule has 1 aromatic carbocycles. The minimum atomic E-state index is 0.519. The second-order valence-corrected chi connectivity index (χ2v) is 6.65. The number of methoxy groups -OCH3 is 2. The predicted octanol–water partition coefficient (Wildman–Crippen LogP) is 2.69. The Balaban J connectivity index is 1.51. The molecule has 23 heavy (non-hydrogen) atoms. The van der Waals surface area contributed by atoms with Crippen LogP contribution in [0.4, 0.5) is 0 Å². The predicted molar refractivity (Wildman–Crippen MR) is 95.2 cm³/mol. The Labute approximate surface area is 142 Å². The molecular weight excluding hydrogens is 310 g/mol. The van der Waals surface area contributed by atoms with Crippen molar-refractivity contribution in [3.05, 3.63) is 23.8 Å². The van der Waals surface area contributed by atoms with Gasteiger partial charge in [-0.3, -0.25) is 5.43 Å². The molecule has 3 atom stereocenters. The van der Waals surface area contributed by atoms with Crippen LogP contribution in [0.1, 0.15) is 31.2 Å². The highest BCUT2D eigenvalue weighted by molar-refractivity contribution is 7.80. The summed E-state index contributed by atoms with van der Waals surface area (Å²) in [6.45, 7) is 0. The molecule has 2 bridgehead atoms. The highest BCUT2D eigenvalue weighted by Crippen LogP contribution is 2.44. The van der Waals surface area contributed by atoms with Gasteiger partial charge in [-0.25, -0.2) is 0 Å². The van der Waals surface area contributed by atoms with Crippen LogP contribution in [0.3, 0.4) is 0 Å². The second-order valence-electron chi connectivity index (χ2n) is 6.24. The molecule has 1 aromatic rings. The number of hydrazone groups is 1. The van der Waals surface area contributed by atoms with Crippen LogP contribution in [0.2, 0.25) is 0 Å². The second kappa shape index (κ2) is 7.17. The highest BCUT2D eigenvalue weighted by atomic mass is 32.1. The Morgan fingerprint density at radius 1 is 1.22 bits per heavy atom. The summed E-state index contributed by atoms with van der Waals surface area (Å²) in [6, 6.07) is 6.16. The van der Waals surface area contributed by atoms with E-state index in [9.17, 15) is 0 Å². The van der Waals surface area contributed by atoms with E-state index in [-0.39, 0.29) is 0 Å². The van der Waals surface area contributed by atoms with Crippen LogP contribution in [-0.4, -0.2) is 31.6 Å². The average molecular weight is 333 g/mol. The molecule has 5 nitrogen and oxygen atoms in total. The minimum absolute atomic E-state index is 0.519. The van der Waals surface area contributed by atoms with Crippen LogP contribution < -0.4 is 20.2 Å². The number of benzene rings is 1. The lowest BCUT2D eigenvalue weighted by atomic mass is 9.96. The molecule has 0 aliphatic heterocycles. The maximum absolute atomic E-state index is 5.33. The zero-order chi connectivity index (χ0) is 16.2. The summed E-state index contributed by atoms with van der Waals surface area (Å²) in [5, 5.41) is 8.20. The fourth-order valence-corrected chi connectivity index (χ4v) is 3.92. The van der Waals surface area contributed by atoms with E-state index >= 15 is 0 Å². The van der Waals surface area contributed by atoms with Crippen LogP contribution in [0.5, 0.6) is 11.5 Å². The zero-order valence-corrected chi connectivity index (χ0v) is 14.4. The fraction of sp³-hybridized carbons (Fsp3) is 0.529. The van der Waals surface area contributed by atoms with Crippen molar-refractivity contribution in [1.82, 2.24) is 10.7 Å². The summed E-state index contributed by atoms with van der Waals surface area (Å²) in [5.41, 5.74) is 3.82. The first-order chi connectivity index (χ1) is 11.2. The standard InChI is InChI=1S/C17H23N3O2S/c1-21-15-6-4-12(9-16(15)22-2)10-18-20-17(23)19-14-8-11-3-5-13(14)7-11/h4,6,9-11,13-14H,3,5,7-8H2,1-2H3,(H2,19,20,23)/b18-10-/t11-,13-,14+/m0/s1. The first-order valence-corrected chi connectivity index (χ1v) is 8.42. The summed E-state index contributed by atoms with van der Waals surface area (Å²) in [4.78, 5) is 0. The zero-order valence-electron chi connectivity index (χ0n) is 13.5. The Morgan fingerprint density at radius 3 is 2.70 bits per heavy atom. The number of rotatable bonds is 5. The van der Waals surface area contributed by atoms with E-state index in [0.29, 0.717) is 22.7 Å². The molecule has 0 radical (unpaired) electrons. The third kappa shape index (κ3) is 3.75. The van der Waals surface area contributed by atoms with Crippen molar-refractivity contribution in [1.29, 1.82) is 0 Å². The minimum Gasteiger partial charge on any atom is -0.493 e. The molecule has 2 saturated carbocycles. The van der Waals surface area contributed by atoms with Crippen molar-refractivity contribution < 1.29 is 9.47 Å². The maximum Gasteiger partial charge on any atom is 0.187 e. The number of hydrogen-bond donors (Lipinski definition) is 2. The molecule has 2 aliphatic rings. The molecule has 0 spiro atoms. The van der Waals surface area contributed by atoms with Gasteiger partial charge < -0.3 is 14.8 Å². The summed E-state index contributed by atoms with van der Waals surface area (Å²) in [6.07, 6.45) is 7.04. The van der Waals surface area contributed by atoms with Crippen molar-refractivity contribution in [2.45, 2.75) is 31.7 Å². The molecule has 0 amide bonds. The van der Waals surface area contributed by atoms with Gasteiger partial charge in [-0.15, -0.1) is 0 Å². The third-order valence-electron chi connectivity index (χ3n) is 4.84. The van der Waals surface area contributed by atoms with Gasteiger partial charge in [0, 0.05) is 6.04 Å². The van der Waals surface area contributed by atoms with Crippen LogP contribution in [0.15, 0.2) is 23.3 Å². The molecule has 2 N–H and O–H groups in total. The molecular formula is C17H23N3O2S. The number of hydrogen-bond acceptors (Lipinski definition) is 4. The smallest absolute Gasteiger partial charge is 0.187 e. The Kier molecular flexibility index (Phi) is 5.00. The van der Waals surface area contributed by atoms with E-state index in [4.69, 9.17) is 21.7 Å². The first-order valence-electron chi connectivity index (χ1n) is 8.01. The van der Waals surface area contributed by atoms with Crippen molar-refractivity contribution >= 4 is 23.5 Å². The van der Waals surface area contributed by atoms with Gasteiger partial charge in [0.15, 0.2) is 16.6 Å². The van der Waals surface area contributed by atoms with Crippen molar-refractivity contribution in [3.63, 3.8) is 0 Å². The van der Waals surface area contributed by atoms with Crippen molar-refractivity contribution in [3.8, 4) is 11.5 Å². The van der Waals surface area contributed by atoms with Gasteiger partial charge >= 0.3 is 0 Å². The Hall–Kier alpha value is -1.82. The number of nitrogens with zero attached hydrogens (tertiary/aromatic N) is 1. The molecule has 3 rings (SSSR count). The topological polar surface area (TPSA) is 54.9 Å². The molecule has 2 aliphatic carbocycles. The van der Waals surface area contributed by atoms with E-state index in [2.05, 4.69) is 15.8 Å². The van der Waals surface area contributed by atoms with E-state index in [1.807, 2.05) is 18.2 Å². The molecule has 124 valence electrons. The van der Waals surface area contributed by atoms with Gasteiger partial charge in [0.2, 0.25) is 0 Å².